The first kappa shape index (κ1) is 26.6. The minimum absolute atomic E-state index is 0.0884. The molecule has 3 aliphatic rings. The first-order valence-corrected chi connectivity index (χ1v) is 14.8. The third-order valence-electron chi connectivity index (χ3n) is 8.73. The minimum Gasteiger partial charge on any atom is -0.508 e. The summed E-state index contributed by atoms with van der Waals surface area (Å²) in [5.41, 5.74) is 4.15. The van der Waals surface area contributed by atoms with Crippen LogP contribution in [0.4, 0.5) is 0 Å². The molecule has 3 saturated heterocycles. The van der Waals surface area contributed by atoms with Crippen LogP contribution in [0.2, 0.25) is 5.15 Å². The number of halogens is 1. The van der Waals surface area contributed by atoms with Gasteiger partial charge in [-0.05, 0) is 61.1 Å². The van der Waals surface area contributed by atoms with Gasteiger partial charge in [-0.1, -0.05) is 78.3 Å². The van der Waals surface area contributed by atoms with Crippen molar-refractivity contribution in [2.45, 2.75) is 25.0 Å². The summed E-state index contributed by atoms with van der Waals surface area (Å²) >= 11 is 6.96. The molecule has 3 aliphatic heterocycles. The summed E-state index contributed by atoms with van der Waals surface area (Å²) < 4.78 is 7.13. The highest BCUT2D eigenvalue weighted by Gasteiger charge is 2.44. The molecule has 42 heavy (non-hydrogen) atoms. The maximum absolute atomic E-state index is 10.5. The van der Waals surface area contributed by atoms with Crippen LogP contribution in [-0.4, -0.2) is 44.1 Å². The van der Waals surface area contributed by atoms with Gasteiger partial charge in [-0.25, -0.2) is 4.98 Å². The highest BCUT2D eigenvalue weighted by molar-refractivity contribution is 6.32. The Labute approximate surface area is 250 Å². The number of piperidine rings is 3. The van der Waals surface area contributed by atoms with Crippen molar-refractivity contribution in [3.63, 3.8) is 0 Å². The zero-order valence-electron chi connectivity index (χ0n) is 23.1. The van der Waals surface area contributed by atoms with E-state index in [-0.39, 0.29) is 11.8 Å². The van der Waals surface area contributed by atoms with Crippen LogP contribution >= 0.6 is 11.6 Å². The van der Waals surface area contributed by atoms with E-state index in [0.717, 1.165) is 53.5 Å². The van der Waals surface area contributed by atoms with Crippen molar-refractivity contribution in [2.24, 2.45) is 11.8 Å². The van der Waals surface area contributed by atoms with Crippen LogP contribution in [0.15, 0.2) is 104 Å². The van der Waals surface area contributed by atoms with E-state index in [1.54, 1.807) is 12.1 Å². The predicted molar refractivity (Wildman–Crippen MR) is 166 cm³/mol. The number of pyridine rings is 1. The van der Waals surface area contributed by atoms with Crippen molar-refractivity contribution in [3.05, 3.63) is 114 Å². The second-order valence-electron chi connectivity index (χ2n) is 11.1. The van der Waals surface area contributed by atoms with Gasteiger partial charge < -0.3 is 9.84 Å². The van der Waals surface area contributed by atoms with Gasteiger partial charge >= 0.3 is 0 Å². The summed E-state index contributed by atoms with van der Waals surface area (Å²) in [5.74, 6) is 2.12. The van der Waals surface area contributed by atoms with Crippen LogP contribution in [0.3, 0.4) is 0 Å². The predicted octanol–water partition coefficient (Wildman–Crippen LogP) is 7.73. The number of hydrogen-bond acceptors (Lipinski definition) is 6. The Morgan fingerprint density at radius 3 is 2.45 bits per heavy atom. The van der Waals surface area contributed by atoms with Crippen LogP contribution in [0.25, 0.3) is 33.4 Å². The van der Waals surface area contributed by atoms with E-state index >= 15 is 0 Å². The number of hydrogen-bond donors (Lipinski definition) is 1. The molecule has 7 heteroatoms. The monoisotopic (exact) mass is 574 g/mol. The van der Waals surface area contributed by atoms with Crippen molar-refractivity contribution in [3.8, 4) is 34.1 Å². The molecule has 0 radical (unpaired) electrons. The lowest BCUT2D eigenvalue weighted by Crippen LogP contribution is -2.55. The molecule has 4 unspecified atom stereocenters. The first-order valence-electron chi connectivity index (χ1n) is 14.4. The number of aromatic nitrogens is 3. The van der Waals surface area contributed by atoms with Crippen molar-refractivity contribution in [1.82, 2.24) is 19.9 Å². The van der Waals surface area contributed by atoms with Crippen LogP contribution < -0.4 is 4.74 Å². The summed E-state index contributed by atoms with van der Waals surface area (Å²) in [4.78, 5) is 16.8. The SMILES string of the molecule is C=CC1CN2CCC1CC2[C@@H](Oc1nc(-c2ccccc2)nc(Cl)c1-c1ccccc1)c1ccnc2ccc(O)cc12. The molecule has 5 aromatic rings. The molecule has 3 aromatic carbocycles. The maximum atomic E-state index is 10.5. The fraction of sp³-hybridized carbons (Fsp3) is 0.229. The van der Waals surface area contributed by atoms with E-state index < -0.39 is 6.10 Å². The number of rotatable bonds is 7. The van der Waals surface area contributed by atoms with Gasteiger partial charge in [-0.15, -0.1) is 6.58 Å². The highest BCUT2D eigenvalue weighted by atomic mass is 35.5. The summed E-state index contributed by atoms with van der Waals surface area (Å²) in [6.45, 7) is 6.06. The molecule has 5 heterocycles. The van der Waals surface area contributed by atoms with E-state index in [4.69, 9.17) is 26.3 Å². The minimum atomic E-state index is -0.400. The molecule has 0 spiro atoms. The van der Waals surface area contributed by atoms with Crippen LogP contribution in [0.1, 0.15) is 24.5 Å². The number of aromatic hydroxyl groups is 1. The summed E-state index contributed by atoms with van der Waals surface area (Å²) in [6, 6.07) is 27.1. The Kier molecular flexibility index (Phi) is 7.10. The third-order valence-corrected chi connectivity index (χ3v) is 9.01. The average Bonchev–Trinajstić information content (AvgIpc) is 3.04. The second-order valence-corrected chi connectivity index (χ2v) is 11.5. The Balaban J connectivity index is 1.41. The van der Waals surface area contributed by atoms with Gasteiger partial charge in [0, 0.05) is 29.3 Å². The second kappa shape index (κ2) is 11.2. The number of ether oxygens (including phenoxy) is 1. The molecule has 0 amide bonds. The molecule has 1 N–H and O–H groups in total. The lowest BCUT2D eigenvalue weighted by atomic mass is 9.73. The standard InChI is InChI=1S/C35H31ClN4O2/c1-2-22-21-40-18-16-25(22)19-30(40)32(27-15-17-37-29-14-13-26(41)20-28(27)29)42-35-31(23-9-5-3-6-10-23)33(36)38-34(39-35)24-11-7-4-8-12-24/h2-15,17,20,22,25,30,32,41H,1,16,18-19,21H2/t22?,25?,30?,32-/m0/s1. The molecule has 5 atom stereocenters. The third kappa shape index (κ3) is 4.91. The topological polar surface area (TPSA) is 71.4 Å². The average molecular weight is 575 g/mol. The van der Waals surface area contributed by atoms with Crippen molar-refractivity contribution < 1.29 is 9.84 Å². The molecule has 8 rings (SSSR count). The quantitative estimate of drug-likeness (QED) is 0.158. The number of fused-ring (bicyclic) bond motifs is 4. The van der Waals surface area contributed by atoms with E-state index in [1.807, 2.05) is 79.0 Å². The Bertz CT molecular complexity index is 1750. The van der Waals surface area contributed by atoms with Gasteiger partial charge in [0.25, 0.3) is 0 Å². The smallest absolute Gasteiger partial charge is 0.227 e. The lowest BCUT2D eigenvalue weighted by molar-refractivity contribution is -0.0366. The van der Waals surface area contributed by atoms with Crippen LogP contribution in [0, 0.1) is 11.8 Å². The fourth-order valence-corrected chi connectivity index (χ4v) is 6.90. The molecule has 210 valence electrons. The normalized spacial score (nSPS) is 22.1. The number of benzene rings is 3. The van der Waals surface area contributed by atoms with E-state index in [2.05, 4.69) is 22.5 Å². The Morgan fingerprint density at radius 2 is 1.74 bits per heavy atom. The number of phenols is 1. The van der Waals surface area contributed by atoms with E-state index in [0.29, 0.717) is 34.3 Å². The van der Waals surface area contributed by atoms with E-state index in [9.17, 15) is 5.11 Å². The summed E-state index contributed by atoms with van der Waals surface area (Å²) in [5, 5.41) is 11.7. The van der Waals surface area contributed by atoms with Gasteiger partial charge in [0.15, 0.2) is 5.82 Å². The number of phenolic OH excluding ortho intramolecular Hbond substituents is 1. The van der Waals surface area contributed by atoms with Gasteiger partial charge in [0.1, 0.15) is 17.0 Å². The molecule has 6 nitrogen and oxygen atoms in total. The largest absolute Gasteiger partial charge is 0.508 e. The summed E-state index contributed by atoms with van der Waals surface area (Å²) in [7, 11) is 0. The van der Waals surface area contributed by atoms with Crippen molar-refractivity contribution in [2.75, 3.05) is 13.1 Å². The number of nitrogens with zero attached hydrogens (tertiary/aromatic N) is 4. The zero-order valence-corrected chi connectivity index (χ0v) is 23.9. The van der Waals surface area contributed by atoms with Gasteiger partial charge in [-0.2, -0.15) is 4.98 Å². The summed E-state index contributed by atoms with van der Waals surface area (Å²) in [6.07, 6.45) is 5.63. The van der Waals surface area contributed by atoms with Gasteiger partial charge in [-0.3, -0.25) is 9.88 Å². The molecular formula is C35H31ClN4O2. The maximum Gasteiger partial charge on any atom is 0.227 e. The van der Waals surface area contributed by atoms with E-state index in [1.165, 1.54) is 0 Å². The van der Waals surface area contributed by atoms with Crippen molar-refractivity contribution >= 4 is 22.5 Å². The van der Waals surface area contributed by atoms with Crippen LogP contribution in [-0.2, 0) is 0 Å². The van der Waals surface area contributed by atoms with Gasteiger partial charge in [0.05, 0.1) is 17.1 Å². The molecule has 0 saturated carbocycles. The van der Waals surface area contributed by atoms with Crippen molar-refractivity contribution in [1.29, 1.82) is 0 Å². The highest BCUT2D eigenvalue weighted by Crippen LogP contribution is 2.46. The molecule has 2 bridgehead atoms. The Morgan fingerprint density at radius 1 is 0.976 bits per heavy atom. The molecular weight excluding hydrogens is 544 g/mol. The molecule has 2 aromatic heterocycles. The Hall–Kier alpha value is -4.26. The van der Waals surface area contributed by atoms with Crippen LogP contribution in [0.5, 0.6) is 11.6 Å². The zero-order chi connectivity index (χ0) is 28.6. The van der Waals surface area contributed by atoms with Gasteiger partial charge in [0.2, 0.25) is 5.88 Å². The lowest BCUT2D eigenvalue weighted by Gasteiger charge is -2.51. The molecule has 3 fully saturated rings. The first-order chi connectivity index (χ1) is 20.6. The molecule has 0 aliphatic carbocycles. The fourth-order valence-electron chi connectivity index (χ4n) is 6.63.